The number of nitrogens with zero attached hydrogens (tertiary/aromatic N) is 3. The third-order valence-corrected chi connectivity index (χ3v) is 6.10. The number of thioether (sulfide) groups is 1. The van der Waals surface area contributed by atoms with Crippen LogP contribution in [0.2, 0.25) is 0 Å². The standard InChI is InChI=1S/C24H23N3O3S/c1-16-7-4-5-9-21(16)23-25-26-24(27(23)15-20-8-6-14-30-20)31-17(2)22(28)18-10-12-19(29-3)13-11-18/h4-14,17H,15H2,1-3H3. The third kappa shape index (κ3) is 4.56. The number of aryl methyl sites for hydroxylation is 1. The molecule has 2 aromatic carbocycles. The Kier molecular flexibility index (Phi) is 6.23. The topological polar surface area (TPSA) is 70.2 Å². The van der Waals surface area contributed by atoms with E-state index < -0.39 is 0 Å². The molecule has 1 unspecified atom stereocenters. The number of aromatic nitrogens is 3. The van der Waals surface area contributed by atoms with Crippen LogP contribution in [-0.4, -0.2) is 32.9 Å². The molecule has 0 radical (unpaired) electrons. The summed E-state index contributed by atoms with van der Waals surface area (Å²) in [4.78, 5) is 13.0. The molecular weight excluding hydrogens is 410 g/mol. The van der Waals surface area contributed by atoms with Crippen LogP contribution < -0.4 is 4.74 Å². The number of carbonyl (C=O) groups excluding carboxylic acids is 1. The van der Waals surface area contributed by atoms with Gasteiger partial charge in [0.2, 0.25) is 0 Å². The normalized spacial score (nSPS) is 12.0. The van der Waals surface area contributed by atoms with Crippen LogP contribution in [0.3, 0.4) is 0 Å². The van der Waals surface area contributed by atoms with E-state index in [1.807, 2.05) is 54.8 Å². The Morgan fingerprint density at radius 1 is 1.10 bits per heavy atom. The lowest BCUT2D eigenvalue weighted by Gasteiger charge is -2.13. The van der Waals surface area contributed by atoms with Crippen molar-refractivity contribution in [3.8, 4) is 17.1 Å². The van der Waals surface area contributed by atoms with E-state index >= 15 is 0 Å². The largest absolute Gasteiger partial charge is 0.497 e. The van der Waals surface area contributed by atoms with Crippen LogP contribution in [0.1, 0.15) is 28.6 Å². The van der Waals surface area contributed by atoms with Gasteiger partial charge in [0.15, 0.2) is 16.8 Å². The second kappa shape index (κ2) is 9.22. The first kappa shape index (κ1) is 20.9. The number of hydrogen-bond acceptors (Lipinski definition) is 6. The fourth-order valence-corrected chi connectivity index (χ4v) is 4.23. The maximum atomic E-state index is 13.0. The van der Waals surface area contributed by atoms with E-state index in [0.717, 1.165) is 28.5 Å². The van der Waals surface area contributed by atoms with Crippen LogP contribution in [0.25, 0.3) is 11.4 Å². The summed E-state index contributed by atoms with van der Waals surface area (Å²) < 4.78 is 12.7. The maximum absolute atomic E-state index is 13.0. The fraction of sp³-hybridized carbons (Fsp3) is 0.208. The number of rotatable bonds is 8. The number of carbonyl (C=O) groups is 1. The molecule has 0 spiro atoms. The molecule has 1 atom stereocenters. The average molecular weight is 434 g/mol. The van der Waals surface area contributed by atoms with E-state index in [9.17, 15) is 4.79 Å². The first-order valence-electron chi connectivity index (χ1n) is 9.93. The van der Waals surface area contributed by atoms with Gasteiger partial charge in [-0.2, -0.15) is 0 Å². The number of benzene rings is 2. The summed E-state index contributed by atoms with van der Waals surface area (Å²) in [5, 5.41) is 9.21. The molecule has 6 nitrogen and oxygen atoms in total. The monoisotopic (exact) mass is 433 g/mol. The Labute approximate surface area is 185 Å². The highest BCUT2D eigenvalue weighted by atomic mass is 32.2. The number of hydrogen-bond donors (Lipinski definition) is 0. The van der Waals surface area contributed by atoms with Crippen LogP contribution in [-0.2, 0) is 6.54 Å². The first-order valence-corrected chi connectivity index (χ1v) is 10.8. The number of ketones is 1. The Morgan fingerprint density at radius 3 is 2.55 bits per heavy atom. The zero-order chi connectivity index (χ0) is 21.8. The second-order valence-electron chi connectivity index (χ2n) is 7.14. The van der Waals surface area contributed by atoms with Crippen LogP contribution in [0.15, 0.2) is 76.5 Å². The van der Waals surface area contributed by atoms with Crippen molar-refractivity contribution in [2.45, 2.75) is 30.8 Å². The molecule has 0 N–H and O–H groups in total. The van der Waals surface area contributed by atoms with Gasteiger partial charge in [0.25, 0.3) is 0 Å². The van der Waals surface area contributed by atoms with E-state index in [4.69, 9.17) is 9.15 Å². The summed E-state index contributed by atoms with van der Waals surface area (Å²) in [5.74, 6) is 2.29. The van der Waals surface area contributed by atoms with Crippen molar-refractivity contribution in [1.29, 1.82) is 0 Å². The van der Waals surface area contributed by atoms with Crippen LogP contribution in [0.5, 0.6) is 5.75 Å². The van der Waals surface area contributed by atoms with Crippen molar-refractivity contribution in [1.82, 2.24) is 14.8 Å². The molecule has 0 saturated carbocycles. The molecule has 0 bridgehead atoms. The average Bonchev–Trinajstić information content (AvgIpc) is 3.44. The fourth-order valence-electron chi connectivity index (χ4n) is 3.30. The molecule has 0 saturated heterocycles. The third-order valence-electron chi connectivity index (χ3n) is 5.02. The van der Waals surface area contributed by atoms with Crippen molar-refractivity contribution >= 4 is 17.5 Å². The quantitative estimate of drug-likeness (QED) is 0.279. The van der Waals surface area contributed by atoms with Gasteiger partial charge in [0, 0.05) is 11.1 Å². The second-order valence-corrected chi connectivity index (χ2v) is 8.45. The Hall–Kier alpha value is -3.32. The number of furan rings is 1. The number of ether oxygens (including phenoxy) is 1. The molecule has 4 rings (SSSR count). The minimum absolute atomic E-state index is 0.0256. The highest BCUT2D eigenvalue weighted by molar-refractivity contribution is 8.00. The van der Waals surface area contributed by atoms with Gasteiger partial charge in [-0.3, -0.25) is 9.36 Å². The highest BCUT2D eigenvalue weighted by Gasteiger charge is 2.23. The summed E-state index contributed by atoms with van der Waals surface area (Å²) in [6.07, 6.45) is 1.65. The number of Topliss-reactive ketones (excluding diaryl/α,β-unsaturated/α-hetero) is 1. The molecule has 0 aliphatic heterocycles. The van der Waals surface area contributed by atoms with Gasteiger partial charge in [-0.15, -0.1) is 10.2 Å². The predicted octanol–water partition coefficient (Wildman–Crippen LogP) is 5.27. The predicted molar refractivity (Wildman–Crippen MR) is 121 cm³/mol. The summed E-state index contributed by atoms with van der Waals surface area (Å²) in [6.45, 7) is 4.41. The van der Waals surface area contributed by atoms with E-state index in [-0.39, 0.29) is 11.0 Å². The highest BCUT2D eigenvalue weighted by Crippen LogP contribution is 2.30. The van der Waals surface area contributed by atoms with Crippen molar-refractivity contribution in [2.24, 2.45) is 0 Å². The molecular formula is C24H23N3O3S. The Bertz CT molecular complexity index is 1170. The van der Waals surface area contributed by atoms with Gasteiger partial charge < -0.3 is 9.15 Å². The lowest BCUT2D eigenvalue weighted by atomic mass is 10.1. The van der Waals surface area contributed by atoms with E-state index in [2.05, 4.69) is 10.2 Å². The van der Waals surface area contributed by atoms with Gasteiger partial charge in [-0.1, -0.05) is 36.0 Å². The molecule has 7 heteroatoms. The van der Waals surface area contributed by atoms with Gasteiger partial charge >= 0.3 is 0 Å². The molecule has 2 aromatic heterocycles. The van der Waals surface area contributed by atoms with Gasteiger partial charge in [0.1, 0.15) is 11.5 Å². The molecule has 2 heterocycles. The Balaban J connectivity index is 1.64. The van der Waals surface area contributed by atoms with Crippen LogP contribution in [0.4, 0.5) is 0 Å². The molecule has 0 aliphatic rings. The molecule has 4 aromatic rings. The van der Waals surface area contributed by atoms with Crippen molar-refractivity contribution in [2.75, 3.05) is 7.11 Å². The lowest BCUT2D eigenvalue weighted by Crippen LogP contribution is -2.15. The molecule has 31 heavy (non-hydrogen) atoms. The van der Waals surface area contributed by atoms with E-state index in [1.54, 1.807) is 37.6 Å². The molecule has 0 fully saturated rings. The van der Waals surface area contributed by atoms with Gasteiger partial charge in [-0.25, -0.2) is 0 Å². The molecule has 0 amide bonds. The van der Waals surface area contributed by atoms with Crippen LogP contribution >= 0.6 is 11.8 Å². The van der Waals surface area contributed by atoms with Crippen molar-refractivity contribution in [3.63, 3.8) is 0 Å². The lowest BCUT2D eigenvalue weighted by molar-refractivity contribution is 0.0994. The van der Waals surface area contributed by atoms with Crippen molar-refractivity contribution in [3.05, 3.63) is 83.8 Å². The smallest absolute Gasteiger partial charge is 0.192 e. The van der Waals surface area contributed by atoms with Gasteiger partial charge in [0.05, 0.1) is 25.2 Å². The minimum atomic E-state index is -0.335. The summed E-state index contributed by atoms with van der Waals surface area (Å²) >= 11 is 1.39. The van der Waals surface area contributed by atoms with E-state index in [1.165, 1.54) is 11.8 Å². The number of methoxy groups -OCH3 is 1. The zero-order valence-electron chi connectivity index (χ0n) is 17.6. The first-order chi connectivity index (χ1) is 15.1. The van der Waals surface area contributed by atoms with Gasteiger partial charge in [-0.05, 0) is 55.8 Å². The summed E-state index contributed by atoms with van der Waals surface area (Å²) in [5.41, 5.74) is 2.74. The van der Waals surface area contributed by atoms with E-state index in [0.29, 0.717) is 17.3 Å². The molecule has 158 valence electrons. The molecule has 0 aliphatic carbocycles. The Morgan fingerprint density at radius 2 is 1.87 bits per heavy atom. The van der Waals surface area contributed by atoms with Crippen LogP contribution in [0, 0.1) is 6.92 Å². The maximum Gasteiger partial charge on any atom is 0.192 e. The summed E-state index contributed by atoms with van der Waals surface area (Å²) in [7, 11) is 1.60. The minimum Gasteiger partial charge on any atom is -0.497 e. The zero-order valence-corrected chi connectivity index (χ0v) is 18.4. The van der Waals surface area contributed by atoms with Crippen molar-refractivity contribution < 1.29 is 13.9 Å². The summed E-state index contributed by atoms with van der Waals surface area (Å²) in [6, 6.07) is 19.0. The SMILES string of the molecule is COc1ccc(C(=O)C(C)Sc2nnc(-c3ccccc3C)n2Cc2ccco2)cc1.